The van der Waals surface area contributed by atoms with Gasteiger partial charge in [0.15, 0.2) is 5.78 Å². The van der Waals surface area contributed by atoms with E-state index in [4.69, 9.17) is 4.74 Å². The van der Waals surface area contributed by atoms with Gasteiger partial charge in [-0.25, -0.2) is 4.39 Å². The third-order valence-electron chi connectivity index (χ3n) is 2.96. The molecule has 1 N–H and O–H groups in total. The van der Waals surface area contributed by atoms with Gasteiger partial charge in [0.2, 0.25) is 0 Å². The first-order valence-electron chi connectivity index (χ1n) is 6.85. The van der Waals surface area contributed by atoms with E-state index in [1.54, 1.807) is 36.4 Å². The molecule has 0 fully saturated rings. The lowest BCUT2D eigenvalue weighted by molar-refractivity contribution is 0.101. The Kier molecular flexibility index (Phi) is 5.98. The van der Waals surface area contributed by atoms with E-state index < -0.39 is 6.10 Å². The van der Waals surface area contributed by atoms with Gasteiger partial charge in [0.1, 0.15) is 18.2 Å². The highest BCUT2D eigenvalue weighted by Crippen LogP contribution is 2.19. The Hall–Kier alpha value is -1.85. The van der Waals surface area contributed by atoms with Crippen LogP contribution in [-0.4, -0.2) is 29.4 Å². The van der Waals surface area contributed by atoms with Gasteiger partial charge in [0.25, 0.3) is 0 Å². The fourth-order valence-corrected chi connectivity index (χ4v) is 2.56. The first-order valence-corrected chi connectivity index (χ1v) is 7.83. The van der Waals surface area contributed by atoms with E-state index in [1.165, 1.54) is 30.8 Å². The van der Waals surface area contributed by atoms with Gasteiger partial charge in [0.05, 0.1) is 6.10 Å². The SMILES string of the molecule is CC(=O)c1ccc(OCC(O)CSc2ccc(F)cc2)cc1. The zero-order valence-electron chi connectivity index (χ0n) is 12.2. The minimum atomic E-state index is -0.637. The topological polar surface area (TPSA) is 46.5 Å². The van der Waals surface area contributed by atoms with E-state index in [-0.39, 0.29) is 18.2 Å². The molecule has 0 aromatic heterocycles. The van der Waals surface area contributed by atoms with Crippen LogP contribution in [0.2, 0.25) is 0 Å². The molecule has 1 atom stereocenters. The van der Waals surface area contributed by atoms with Gasteiger partial charge in [-0.2, -0.15) is 0 Å². The Morgan fingerprint density at radius 3 is 2.41 bits per heavy atom. The second-order valence-corrected chi connectivity index (χ2v) is 5.90. The van der Waals surface area contributed by atoms with Gasteiger partial charge in [-0.3, -0.25) is 4.79 Å². The first kappa shape index (κ1) is 16.5. The highest BCUT2D eigenvalue weighted by atomic mass is 32.2. The molecular weight excluding hydrogens is 303 g/mol. The molecule has 2 aromatic carbocycles. The van der Waals surface area contributed by atoms with Crippen molar-refractivity contribution in [2.45, 2.75) is 17.9 Å². The molecule has 5 heteroatoms. The number of ketones is 1. The number of rotatable bonds is 7. The molecule has 0 aliphatic heterocycles. The molecule has 2 rings (SSSR count). The van der Waals surface area contributed by atoms with Crippen LogP contribution in [0.1, 0.15) is 17.3 Å². The van der Waals surface area contributed by atoms with Crippen molar-refractivity contribution in [1.82, 2.24) is 0 Å². The van der Waals surface area contributed by atoms with Crippen LogP contribution in [0.5, 0.6) is 5.75 Å². The number of carbonyl (C=O) groups excluding carboxylic acids is 1. The number of thioether (sulfide) groups is 1. The number of Topliss-reactive ketones (excluding diaryl/α,β-unsaturated/α-hetero) is 1. The standard InChI is InChI=1S/C17H17FO3S/c1-12(19)13-2-6-16(7-3-13)21-10-15(20)11-22-17-8-4-14(18)5-9-17/h2-9,15,20H,10-11H2,1H3. The summed E-state index contributed by atoms with van der Waals surface area (Å²) in [6.45, 7) is 1.67. The number of hydrogen-bond acceptors (Lipinski definition) is 4. The smallest absolute Gasteiger partial charge is 0.159 e. The fraction of sp³-hybridized carbons (Fsp3) is 0.235. The molecule has 0 saturated carbocycles. The molecule has 1 unspecified atom stereocenters. The summed E-state index contributed by atoms with van der Waals surface area (Å²) in [5.41, 5.74) is 0.625. The Morgan fingerprint density at radius 1 is 1.18 bits per heavy atom. The van der Waals surface area contributed by atoms with Crippen molar-refractivity contribution < 1.29 is 19.0 Å². The van der Waals surface area contributed by atoms with Crippen molar-refractivity contribution in [2.24, 2.45) is 0 Å². The van der Waals surface area contributed by atoms with Crippen LogP contribution < -0.4 is 4.74 Å². The molecule has 0 spiro atoms. The maximum Gasteiger partial charge on any atom is 0.159 e. The lowest BCUT2D eigenvalue weighted by Crippen LogP contribution is -2.20. The quantitative estimate of drug-likeness (QED) is 0.626. The largest absolute Gasteiger partial charge is 0.491 e. The Balaban J connectivity index is 1.76. The molecule has 22 heavy (non-hydrogen) atoms. The molecule has 116 valence electrons. The molecule has 0 bridgehead atoms. The van der Waals surface area contributed by atoms with Gasteiger partial charge in [-0.15, -0.1) is 11.8 Å². The van der Waals surface area contributed by atoms with Gasteiger partial charge < -0.3 is 9.84 Å². The molecule has 0 aliphatic rings. The minimum Gasteiger partial charge on any atom is -0.491 e. The van der Waals surface area contributed by atoms with Crippen LogP contribution in [0.15, 0.2) is 53.4 Å². The maximum absolute atomic E-state index is 12.8. The number of halogens is 1. The summed E-state index contributed by atoms with van der Waals surface area (Å²) in [5.74, 6) is 0.789. The average Bonchev–Trinajstić information content (AvgIpc) is 2.52. The fourth-order valence-electron chi connectivity index (χ4n) is 1.75. The van der Waals surface area contributed by atoms with Crippen molar-refractivity contribution in [3.8, 4) is 5.75 Å². The summed E-state index contributed by atoms with van der Waals surface area (Å²) in [5, 5.41) is 9.90. The Morgan fingerprint density at radius 2 is 1.82 bits per heavy atom. The van der Waals surface area contributed by atoms with E-state index in [0.29, 0.717) is 17.1 Å². The Labute approximate surface area is 133 Å². The lowest BCUT2D eigenvalue weighted by atomic mass is 10.1. The number of aliphatic hydroxyl groups excluding tert-OH is 1. The molecular formula is C17H17FO3S. The molecule has 0 aliphatic carbocycles. The van der Waals surface area contributed by atoms with Crippen LogP contribution in [0.3, 0.4) is 0 Å². The predicted octanol–water partition coefficient (Wildman–Crippen LogP) is 3.56. The zero-order chi connectivity index (χ0) is 15.9. The van der Waals surface area contributed by atoms with Crippen LogP contribution in [0, 0.1) is 5.82 Å². The van der Waals surface area contributed by atoms with E-state index in [1.807, 2.05) is 0 Å². The minimum absolute atomic E-state index is 0.00211. The molecule has 0 radical (unpaired) electrons. The van der Waals surface area contributed by atoms with Crippen LogP contribution in [-0.2, 0) is 0 Å². The van der Waals surface area contributed by atoms with Gasteiger partial charge in [-0.05, 0) is 55.5 Å². The highest BCUT2D eigenvalue weighted by molar-refractivity contribution is 7.99. The van der Waals surface area contributed by atoms with Gasteiger partial charge >= 0.3 is 0 Å². The van der Waals surface area contributed by atoms with Gasteiger partial charge in [-0.1, -0.05) is 0 Å². The molecule has 3 nitrogen and oxygen atoms in total. The molecule has 2 aromatic rings. The van der Waals surface area contributed by atoms with Gasteiger partial charge in [0, 0.05) is 16.2 Å². The number of hydrogen-bond donors (Lipinski definition) is 1. The second kappa shape index (κ2) is 7.96. The number of benzene rings is 2. The highest BCUT2D eigenvalue weighted by Gasteiger charge is 2.07. The molecule has 0 saturated heterocycles. The second-order valence-electron chi connectivity index (χ2n) is 4.81. The molecule has 0 heterocycles. The summed E-state index contributed by atoms with van der Waals surface area (Å²) >= 11 is 1.44. The van der Waals surface area contributed by atoms with Crippen LogP contribution in [0.25, 0.3) is 0 Å². The summed E-state index contributed by atoms with van der Waals surface area (Å²) in [6, 6.07) is 12.9. The van der Waals surface area contributed by atoms with Crippen molar-refractivity contribution in [3.63, 3.8) is 0 Å². The van der Waals surface area contributed by atoms with E-state index in [0.717, 1.165) is 4.90 Å². The van der Waals surface area contributed by atoms with E-state index >= 15 is 0 Å². The Bertz CT molecular complexity index is 611. The summed E-state index contributed by atoms with van der Waals surface area (Å²) in [4.78, 5) is 12.1. The van der Waals surface area contributed by atoms with Crippen molar-refractivity contribution in [1.29, 1.82) is 0 Å². The van der Waals surface area contributed by atoms with E-state index in [9.17, 15) is 14.3 Å². The van der Waals surface area contributed by atoms with E-state index in [2.05, 4.69) is 0 Å². The normalized spacial score (nSPS) is 12.0. The third kappa shape index (κ3) is 5.16. The summed E-state index contributed by atoms with van der Waals surface area (Å²) < 4.78 is 18.2. The number of aliphatic hydroxyl groups is 1. The zero-order valence-corrected chi connectivity index (χ0v) is 13.0. The van der Waals surface area contributed by atoms with Crippen LogP contribution >= 0.6 is 11.8 Å². The number of ether oxygens (including phenoxy) is 1. The average molecular weight is 320 g/mol. The molecule has 0 amide bonds. The van der Waals surface area contributed by atoms with Crippen molar-refractivity contribution in [2.75, 3.05) is 12.4 Å². The van der Waals surface area contributed by atoms with Crippen molar-refractivity contribution in [3.05, 3.63) is 59.9 Å². The maximum atomic E-state index is 12.8. The lowest BCUT2D eigenvalue weighted by Gasteiger charge is -2.12. The van der Waals surface area contributed by atoms with Crippen LogP contribution in [0.4, 0.5) is 4.39 Å². The predicted molar refractivity (Wildman–Crippen MR) is 85.1 cm³/mol. The third-order valence-corrected chi connectivity index (χ3v) is 4.12. The summed E-state index contributed by atoms with van der Waals surface area (Å²) in [7, 11) is 0. The monoisotopic (exact) mass is 320 g/mol. The first-order chi connectivity index (χ1) is 10.5. The number of carbonyl (C=O) groups is 1. The summed E-state index contributed by atoms with van der Waals surface area (Å²) in [6.07, 6.45) is -0.637. The van der Waals surface area contributed by atoms with Crippen molar-refractivity contribution >= 4 is 17.5 Å².